The highest BCUT2D eigenvalue weighted by atomic mass is 19.1. The molecule has 1 saturated heterocycles. The van der Waals surface area contributed by atoms with E-state index in [4.69, 9.17) is 4.74 Å². The summed E-state index contributed by atoms with van der Waals surface area (Å²) < 4.78 is 20.7. The lowest BCUT2D eigenvalue weighted by Crippen LogP contribution is -2.45. The summed E-state index contributed by atoms with van der Waals surface area (Å²) in [5.41, 5.74) is 0.632. The number of aromatic nitrogens is 2. The van der Waals surface area contributed by atoms with Crippen molar-refractivity contribution in [2.24, 2.45) is 5.92 Å². The Balaban J connectivity index is 1.83. The molecule has 5 heteroatoms. The molecule has 3 heterocycles. The molecular weight excluding hydrogens is 233 g/mol. The Kier molecular flexibility index (Phi) is 2.98. The smallest absolute Gasteiger partial charge is 0.198 e. The van der Waals surface area contributed by atoms with Crippen molar-refractivity contribution in [2.45, 2.75) is 0 Å². The molecule has 0 spiro atoms. The van der Waals surface area contributed by atoms with Crippen molar-refractivity contribution in [3.05, 3.63) is 42.7 Å². The Hall–Kier alpha value is -1.88. The van der Waals surface area contributed by atoms with Crippen LogP contribution < -0.4 is 10.1 Å². The van der Waals surface area contributed by atoms with Gasteiger partial charge in [-0.2, -0.15) is 4.39 Å². The third-order valence-electron chi connectivity index (χ3n) is 3.06. The summed E-state index contributed by atoms with van der Waals surface area (Å²) in [6.45, 7) is 2.61. The van der Waals surface area contributed by atoms with Crippen molar-refractivity contribution in [1.82, 2.24) is 14.9 Å². The van der Waals surface area contributed by atoms with Crippen molar-refractivity contribution in [3.8, 4) is 11.4 Å². The fourth-order valence-corrected chi connectivity index (χ4v) is 1.91. The van der Waals surface area contributed by atoms with Gasteiger partial charge >= 0.3 is 0 Å². The lowest BCUT2D eigenvalue weighted by Gasteiger charge is -2.27. The molecule has 2 aromatic rings. The van der Waals surface area contributed by atoms with Crippen LogP contribution in [0.15, 0.2) is 36.8 Å². The number of pyridine rings is 1. The number of halogens is 1. The molecule has 1 aliphatic rings. The minimum absolute atomic E-state index is 0.321. The van der Waals surface area contributed by atoms with Crippen molar-refractivity contribution in [2.75, 3.05) is 19.7 Å². The molecule has 18 heavy (non-hydrogen) atoms. The molecule has 0 saturated carbocycles. The van der Waals surface area contributed by atoms with Gasteiger partial charge in [0.25, 0.3) is 0 Å². The monoisotopic (exact) mass is 247 g/mol. The SMILES string of the molecule is Fc1cccn1-c1cnccc1OCC1CNC1. The molecule has 0 radical (unpaired) electrons. The zero-order valence-electron chi connectivity index (χ0n) is 9.84. The topological polar surface area (TPSA) is 39.1 Å². The number of hydrogen-bond acceptors (Lipinski definition) is 3. The summed E-state index contributed by atoms with van der Waals surface area (Å²) in [6.07, 6.45) is 4.92. The third-order valence-corrected chi connectivity index (χ3v) is 3.06. The molecule has 1 aliphatic heterocycles. The minimum atomic E-state index is -0.321. The van der Waals surface area contributed by atoms with E-state index in [9.17, 15) is 4.39 Å². The highest BCUT2D eigenvalue weighted by molar-refractivity contribution is 5.44. The lowest BCUT2D eigenvalue weighted by molar-refractivity contribution is 0.198. The number of nitrogens with one attached hydrogen (secondary N) is 1. The van der Waals surface area contributed by atoms with E-state index in [0.717, 1.165) is 13.1 Å². The van der Waals surface area contributed by atoms with Crippen LogP contribution in [0.5, 0.6) is 5.75 Å². The van der Waals surface area contributed by atoms with Crippen LogP contribution in [0.1, 0.15) is 0 Å². The first kappa shape index (κ1) is 11.2. The maximum atomic E-state index is 13.6. The summed E-state index contributed by atoms with van der Waals surface area (Å²) in [4.78, 5) is 4.02. The van der Waals surface area contributed by atoms with Crippen LogP contribution in [0.2, 0.25) is 0 Å². The first-order valence-corrected chi connectivity index (χ1v) is 5.95. The molecule has 0 aromatic carbocycles. The quantitative estimate of drug-likeness (QED) is 0.892. The molecular formula is C13H14FN3O. The van der Waals surface area contributed by atoms with Crippen molar-refractivity contribution >= 4 is 0 Å². The first-order chi connectivity index (χ1) is 8.84. The highest BCUT2D eigenvalue weighted by Crippen LogP contribution is 2.23. The normalized spacial score (nSPS) is 15.4. The van der Waals surface area contributed by atoms with E-state index in [0.29, 0.717) is 24.0 Å². The van der Waals surface area contributed by atoms with Gasteiger partial charge in [-0.05, 0) is 12.1 Å². The average molecular weight is 247 g/mol. The molecule has 1 fully saturated rings. The molecule has 0 atom stereocenters. The van der Waals surface area contributed by atoms with Gasteiger partial charge in [0.1, 0.15) is 11.4 Å². The van der Waals surface area contributed by atoms with Crippen molar-refractivity contribution in [3.63, 3.8) is 0 Å². The molecule has 94 valence electrons. The van der Waals surface area contributed by atoms with E-state index in [-0.39, 0.29) is 5.95 Å². The predicted octanol–water partition coefficient (Wildman–Crippen LogP) is 1.61. The Bertz CT molecular complexity index is 537. The number of ether oxygens (including phenoxy) is 1. The standard InChI is InChI=1S/C13H14FN3O/c14-13-2-1-5-17(13)11-8-15-4-3-12(11)18-9-10-6-16-7-10/h1-5,8,10,16H,6-7,9H2. The second-order valence-electron chi connectivity index (χ2n) is 4.38. The minimum Gasteiger partial charge on any atom is -0.491 e. The van der Waals surface area contributed by atoms with Gasteiger partial charge in [-0.15, -0.1) is 0 Å². The molecule has 0 amide bonds. The van der Waals surface area contributed by atoms with Crippen LogP contribution in [-0.4, -0.2) is 29.2 Å². The van der Waals surface area contributed by atoms with Crippen LogP contribution in [0.25, 0.3) is 5.69 Å². The maximum Gasteiger partial charge on any atom is 0.198 e. The number of hydrogen-bond donors (Lipinski definition) is 1. The van der Waals surface area contributed by atoms with Gasteiger partial charge in [0.2, 0.25) is 0 Å². The van der Waals surface area contributed by atoms with Crippen LogP contribution >= 0.6 is 0 Å². The third kappa shape index (κ3) is 2.09. The van der Waals surface area contributed by atoms with Gasteiger partial charge in [-0.25, -0.2) is 0 Å². The summed E-state index contributed by atoms with van der Waals surface area (Å²) in [5.74, 6) is 0.880. The summed E-state index contributed by atoms with van der Waals surface area (Å²) in [6, 6.07) is 4.83. The number of rotatable bonds is 4. The number of nitrogens with zero attached hydrogens (tertiary/aromatic N) is 2. The van der Waals surface area contributed by atoms with Crippen molar-refractivity contribution < 1.29 is 9.13 Å². The molecule has 3 rings (SSSR count). The zero-order chi connectivity index (χ0) is 12.4. The maximum absolute atomic E-state index is 13.6. The predicted molar refractivity (Wildman–Crippen MR) is 65.4 cm³/mol. The van der Waals surface area contributed by atoms with Gasteiger partial charge in [0, 0.05) is 37.5 Å². The molecule has 0 aliphatic carbocycles. The summed E-state index contributed by atoms with van der Waals surface area (Å²) >= 11 is 0. The molecule has 4 nitrogen and oxygen atoms in total. The Labute approximate surface area is 104 Å². The van der Waals surface area contributed by atoms with Crippen LogP contribution in [0, 0.1) is 11.9 Å². The van der Waals surface area contributed by atoms with Gasteiger partial charge in [0.15, 0.2) is 5.95 Å². The van der Waals surface area contributed by atoms with E-state index in [1.54, 1.807) is 30.7 Å². The van der Waals surface area contributed by atoms with E-state index >= 15 is 0 Å². The Morgan fingerprint density at radius 3 is 3.00 bits per heavy atom. The van der Waals surface area contributed by atoms with Crippen molar-refractivity contribution in [1.29, 1.82) is 0 Å². The lowest BCUT2D eigenvalue weighted by atomic mass is 10.1. The van der Waals surface area contributed by atoms with Gasteiger partial charge < -0.3 is 10.1 Å². The van der Waals surface area contributed by atoms with Gasteiger partial charge in [-0.3, -0.25) is 9.55 Å². The summed E-state index contributed by atoms with van der Waals surface area (Å²) in [5, 5.41) is 3.19. The van der Waals surface area contributed by atoms with Crippen LogP contribution in [0.4, 0.5) is 4.39 Å². The van der Waals surface area contributed by atoms with E-state index in [1.807, 2.05) is 0 Å². The molecule has 1 N–H and O–H groups in total. The molecule has 0 bridgehead atoms. The Morgan fingerprint density at radius 1 is 1.44 bits per heavy atom. The highest BCUT2D eigenvalue weighted by Gasteiger charge is 2.18. The second-order valence-corrected chi connectivity index (χ2v) is 4.38. The van der Waals surface area contributed by atoms with E-state index in [1.165, 1.54) is 10.6 Å². The van der Waals surface area contributed by atoms with Gasteiger partial charge in [0.05, 0.1) is 12.8 Å². The zero-order valence-corrected chi connectivity index (χ0v) is 9.84. The average Bonchev–Trinajstić information content (AvgIpc) is 2.74. The van der Waals surface area contributed by atoms with Crippen LogP contribution in [-0.2, 0) is 0 Å². The summed E-state index contributed by atoms with van der Waals surface area (Å²) in [7, 11) is 0. The molecule has 2 aromatic heterocycles. The van der Waals surface area contributed by atoms with E-state index in [2.05, 4.69) is 10.3 Å². The second kappa shape index (κ2) is 4.78. The Morgan fingerprint density at radius 2 is 2.33 bits per heavy atom. The molecule has 0 unspecified atom stereocenters. The van der Waals surface area contributed by atoms with E-state index < -0.39 is 0 Å². The van der Waals surface area contributed by atoms with Gasteiger partial charge in [-0.1, -0.05) is 0 Å². The first-order valence-electron chi connectivity index (χ1n) is 5.95. The fourth-order valence-electron chi connectivity index (χ4n) is 1.91. The fraction of sp³-hybridized carbons (Fsp3) is 0.308. The van der Waals surface area contributed by atoms with Crippen LogP contribution in [0.3, 0.4) is 0 Å². The largest absolute Gasteiger partial charge is 0.491 e.